The fourth-order valence-electron chi connectivity index (χ4n) is 3.42. The predicted octanol–water partition coefficient (Wildman–Crippen LogP) is 1.94. The van der Waals surface area contributed by atoms with Crippen LogP contribution in [0.4, 0.5) is 0 Å². The van der Waals surface area contributed by atoms with Gasteiger partial charge in [0.05, 0.1) is 0 Å². The maximum atomic E-state index is 4.35. The van der Waals surface area contributed by atoms with E-state index in [1.54, 1.807) is 0 Å². The molecule has 1 saturated heterocycles. The second kappa shape index (κ2) is 7.05. The van der Waals surface area contributed by atoms with Crippen molar-refractivity contribution in [3.63, 3.8) is 0 Å². The predicted molar refractivity (Wildman–Crippen MR) is 85.7 cm³/mol. The molecule has 0 aromatic carbocycles. The summed E-state index contributed by atoms with van der Waals surface area (Å²) in [4.78, 5) is 2.57. The van der Waals surface area contributed by atoms with Gasteiger partial charge in [-0.15, -0.1) is 10.2 Å². The molecule has 1 aliphatic rings. The van der Waals surface area contributed by atoms with Crippen molar-refractivity contribution in [1.29, 1.82) is 0 Å². The third-order valence-corrected chi connectivity index (χ3v) is 4.65. The zero-order valence-corrected chi connectivity index (χ0v) is 13.6. The highest BCUT2D eigenvalue weighted by Gasteiger charge is 2.24. The summed E-state index contributed by atoms with van der Waals surface area (Å²) in [6.45, 7) is 9.59. The van der Waals surface area contributed by atoms with Crippen molar-refractivity contribution >= 4 is 0 Å². The van der Waals surface area contributed by atoms with Crippen LogP contribution in [0.5, 0.6) is 0 Å². The van der Waals surface area contributed by atoms with E-state index >= 15 is 0 Å². The van der Waals surface area contributed by atoms with E-state index in [2.05, 4.69) is 49.4 Å². The molecule has 0 bridgehead atoms. The Kier molecular flexibility index (Phi) is 4.87. The van der Waals surface area contributed by atoms with Gasteiger partial charge < -0.3 is 9.47 Å². The largest absolute Gasteiger partial charge is 0.318 e. The highest BCUT2D eigenvalue weighted by Crippen LogP contribution is 2.25. The maximum Gasteiger partial charge on any atom is 0.137 e. The Labute approximate surface area is 132 Å². The third kappa shape index (κ3) is 3.21. The number of likely N-dealkylation sites (tertiary alicyclic amines) is 1. The van der Waals surface area contributed by atoms with Gasteiger partial charge in [0.25, 0.3) is 0 Å². The van der Waals surface area contributed by atoms with Crippen LogP contribution >= 0.6 is 0 Å². The summed E-state index contributed by atoms with van der Waals surface area (Å²) in [7, 11) is 0. The fourth-order valence-corrected chi connectivity index (χ4v) is 3.42. The second-order valence-electron chi connectivity index (χ2n) is 6.00. The summed E-state index contributed by atoms with van der Waals surface area (Å²) in [5.74, 6) is 1.68. The van der Waals surface area contributed by atoms with Crippen molar-refractivity contribution in [3.05, 3.63) is 30.1 Å². The molecule has 3 heterocycles. The molecule has 3 rings (SSSR count). The summed E-state index contributed by atoms with van der Waals surface area (Å²) in [5.41, 5.74) is 1.33. The number of hydrogen-bond acceptors (Lipinski definition) is 4. The lowest BCUT2D eigenvalue weighted by molar-refractivity contribution is 0.203. The summed E-state index contributed by atoms with van der Waals surface area (Å²) in [6, 6.07) is 2.14. The van der Waals surface area contributed by atoms with Gasteiger partial charge >= 0.3 is 0 Å². The molecule has 0 spiro atoms. The molecular weight excluding hydrogens is 276 g/mol. The quantitative estimate of drug-likeness (QED) is 0.818. The number of aryl methyl sites for hydroxylation is 2. The fraction of sp³-hybridized carbons (Fsp3) is 0.688. The lowest BCUT2D eigenvalue weighted by atomic mass is 9.97. The number of nitrogens with zero attached hydrogens (tertiary/aromatic N) is 6. The third-order valence-electron chi connectivity index (χ3n) is 4.65. The molecule has 120 valence electrons. The Morgan fingerprint density at radius 1 is 1.27 bits per heavy atom. The first kappa shape index (κ1) is 15.2. The highest BCUT2D eigenvalue weighted by atomic mass is 15.3. The van der Waals surface area contributed by atoms with Gasteiger partial charge in [0.15, 0.2) is 0 Å². The van der Waals surface area contributed by atoms with Crippen LogP contribution in [0.25, 0.3) is 0 Å². The molecule has 1 atom stereocenters. The first-order valence-corrected chi connectivity index (χ1v) is 8.42. The molecule has 0 amide bonds. The molecule has 0 saturated carbocycles. The normalized spacial score (nSPS) is 19.6. The smallest absolute Gasteiger partial charge is 0.137 e. The van der Waals surface area contributed by atoms with Crippen LogP contribution in [0, 0.1) is 0 Å². The van der Waals surface area contributed by atoms with Gasteiger partial charge in [0, 0.05) is 50.4 Å². The molecule has 6 heteroatoms. The average molecular weight is 302 g/mol. The van der Waals surface area contributed by atoms with Gasteiger partial charge in [-0.2, -0.15) is 5.10 Å². The maximum absolute atomic E-state index is 4.35. The van der Waals surface area contributed by atoms with Crippen molar-refractivity contribution in [2.24, 2.45) is 0 Å². The molecular formula is C16H26N6. The van der Waals surface area contributed by atoms with Gasteiger partial charge in [-0.25, -0.2) is 0 Å². The number of aromatic nitrogens is 5. The van der Waals surface area contributed by atoms with E-state index in [9.17, 15) is 0 Å². The summed E-state index contributed by atoms with van der Waals surface area (Å²) < 4.78 is 4.27. The summed E-state index contributed by atoms with van der Waals surface area (Å²) >= 11 is 0. The topological polar surface area (TPSA) is 51.8 Å². The SMILES string of the molecule is CCn1cnnc1C1CCCN(CCc2ccnn2CC)C1. The molecule has 0 radical (unpaired) electrons. The van der Waals surface area contributed by atoms with Crippen molar-refractivity contribution in [2.75, 3.05) is 19.6 Å². The number of hydrogen-bond donors (Lipinski definition) is 0. The second-order valence-corrected chi connectivity index (χ2v) is 6.00. The van der Waals surface area contributed by atoms with E-state index in [4.69, 9.17) is 0 Å². The van der Waals surface area contributed by atoms with Crippen molar-refractivity contribution in [2.45, 2.75) is 52.1 Å². The molecule has 0 N–H and O–H groups in total. The van der Waals surface area contributed by atoms with E-state index in [0.717, 1.165) is 38.4 Å². The molecule has 1 unspecified atom stereocenters. The van der Waals surface area contributed by atoms with Gasteiger partial charge in [-0.1, -0.05) is 0 Å². The molecule has 1 fully saturated rings. The van der Waals surface area contributed by atoms with Crippen LogP contribution in [0.1, 0.15) is 44.1 Å². The van der Waals surface area contributed by atoms with E-state index in [1.165, 1.54) is 25.1 Å². The first-order valence-electron chi connectivity index (χ1n) is 8.42. The van der Waals surface area contributed by atoms with Gasteiger partial charge in [-0.05, 0) is 39.3 Å². The van der Waals surface area contributed by atoms with Crippen LogP contribution < -0.4 is 0 Å². The van der Waals surface area contributed by atoms with Gasteiger partial charge in [0.1, 0.15) is 12.2 Å². The summed E-state index contributed by atoms with van der Waals surface area (Å²) in [6.07, 6.45) is 7.30. The van der Waals surface area contributed by atoms with Crippen LogP contribution in [0.3, 0.4) is 0 Å². The molecule has 2 aromatic rings. The Morgan fingerprint density at radius 2 is 2.18 bits per heavy atom. The van der Waals surface area contributed by atoms with E-state index in [0.29, 0.717) is 5.92 Å². The Balaban J connectivity index is 1.59. The molecule has 0 aliphatic carbocycles. The van der Waals surface area contributed by atoms with Gasteiger partial charge in [-0.3, -0.25) is 4.68 Å². The zero-order chi connectivity index (χ0) is 15.4. The highest BCUT2D eigenvalue weighted by molar-refractivity contribution is 5.03. The number of rotatable bonds is 6. The number of piperidine rings is 1. The van der Waals surface area contributed by atoms with E-state index in [-0.39, 0.29) is 0 Å². The van der Waals surface area contributed by atoms with Crippen molar-refractivity contribution in [3.8, 4) is 0 Å². The standard InChI is InChI=1S/C16H26N6/c1-3-21-13-17-19-16(21)14-6-5-10-20(12-14)11-8-15-7-9-18-22(15)4-2/h7,9,13-14H,3-6,8,10-12H2,1-2H3. The zero-order valence-electron chi connectivity index (χ0n) is 13.6. The summed E-state index contributed by atoms with van der Waals surface area (Å²) in [5, 5.41) is 12.8. The van der Waals surface area contributed by atoms with Crippen molar-refractivity contribution in [1.82, 2.24) is 29.4 Å². The van der Waals surface area contributed by atoms with Crippen LogP contribution in [-0.2, 0) is 19.5 Å². The van der Waals surface area contributed by atoms with Crippen LogP contribution in [0.2, 0.25) is 0 Å². The minimum absolute atomic E-state index is 0.521. The Morgan fingerprint density at radius 3 is 3.00 bits per heavy atom. The molecule has 2 aromatic heterocycles. The monoisotopic (exact) mass is 302 g/mol. The minimum Gasteiger partial charge on any atom is -0.318 e. The van der Waals surface area contributed by atoms with Crippen LogP contribution in [0.15, 0.2) is 18.6 Å². The molecule has 1 aliphatic heterocycles. The Hall–Kier alpha value is -1.69. The molecule has 22 heavy (non-hydrogen) atoms. The van der Waals surface area contributed by atoms with E-state index < -0.39 is 0 Å². The lowest BCUT2D eigenvalue weighted by Crippen LogP contribution is -2.36. The van der Waals surface area contributed by atoms with Crippen molar-refractivity contribution < 1.29 is 0 Å². The first-order chi connectivity index (χ1) is 10.8. The molecule has 6 nitrogen and oxygen atoms in total. The minimum atomic E-state index is 0.521. The van der Waals surface area contributed by atoms with Gasteiger partial charge in [0.2, 0.25) is 0 Å². The van der Waals surface area contributed by atoms with E-state index in [1.807, 2.05) is 12.5 Å². The average Bonchev–Trinajstić information content (AvgIpc) is 3.21. The lowest BCUT2D eigenvalue weighted by Gasteiger charge is -2.32. The Bertz CT molecular complexity index is 587. The van der Waals surface area contributed by atoms with Crippen LogP contribution in [-0.4, -0.2) is 49.1 Å².